The fourth-order valence-electron chi connectivity index (χ4n) is 2.92. The monoisotopic (exact) mass is 380 g/mol. The number of carbonyl (C=O) groups is 1. The van der Waals surface area contributed by atoms with E-state index in [1.54, 1.807) is 21.9 Å². The summed E-state index contributed by atoms with van der Waals surface area (Å²) in [5.74, 6) is 0. The van der Waals surface area contributed by atoms with Crippen molar-refractivity contribution in [3.63, 3.8) is 0 Å². The maximum absolute atomic E-state index is 12.5. The van der Waals surface area contributed by atoms with E-state index >= 15 is 0 Å². The van der Waals surface area contributed by atoms with Gasteiger partial charge in [0.15, 0.2) is 8.32 Å². The number of aryl methyl sites for hydroxylation is 1. The lowest BCUT2D eigenvalue weighted by atomic mass is 10.1. The molecule has 0 radical (unpaired) electrons. The van der Waals surface area contributed by atoms with Crippen LogP contribution in [0.25, 0.3) is 0 Å². The van der Waals surface area contributed by atoms with Gasteiger partial charge in [0.2, 0.25) is 0 Å². The van der Waals surface area contributed by atoms with Crippen molar-refractivity contribution in [3.8, 4) is 0 Å². The van der Waals surface area contributed by atoms with Crippen molar-refractivity contribution >= 4 is 14.4 Å². The predicted molar refractivity (Wildman–Crippen MR) is 103 cm³/mol. The Hall–Kier alpha value is -1.67. The van der Waals surface area contributed by atoms with Gasteiger partial charge >= 0.3 is 6.09 Å². The smallest absolute Gasteiger partial charge is 0.410 e. The lowest BCUT2D eigenvalue weighted by Crippen LogP contribution is -2.44. The van der Waals surface area contributed by atoms with E-state index in [1.807, 2.05) is 7.05 Å². The lowest BCUT2D eigenvalue weighted by Gasteiger charge is -2.38. The van der Waals surface area contributed by atoms with E-state index in [-0.39, 0.29) is 29.9 Å². The molecule has 0 aliphatic carbocycles. The second-order valence-electron chi connectivity index (χ2n) is 8.46. The van der Waals surface area contributed by atoms with Gasteiger partial charge in [0.25, 0.3) is 0 Å². The molecule has 1 aliphatic heterocycles. The first-order chi connectivity index (χ1) is 12.0. The van der Waals surface area contributed by atoms with E-state index in [0.717, 1.165) is 12.1 Å². The minimum absolute atomic E-state index is 0.0132. The number of likely N-dealkylation sites (tertiary alicyclic amines) is 1. The number of nitrogens with zero attached hydrogens (tertiary/aromatic N) is 4. The highest BCUT2D eigenvalue weighted by Gasteiger charge is 2.44. The fourth-order valence-corrected chi connectivity index (χ4v) is 4.28. The van der Waals surface area contributed by atoms with Gasteiger partial charge in [0.05, 0.1) is 18.0 Å². The second-order valence-corrected chi connectivity index (χ2v) is 13.2. The highest BCUT2D eigenvalue weighted by atomic mass is 28.4. The van der Waals surface area contributed by atoms with E-state index in [2.05, 4.69) is 50.8 Å². The van der Waals surface area contributed by atoms with Crippen molar-refractivity contribution in [3.05, 3.63) is 24.5 Å². The highest BCUT2D eigenvalue weighted by Crippen LogP contribution is 2.39. The molecule has 2 atom stereocenters. The Morgan fingerprint density at radius 2 is 2.15 bits per heavy atom. The van der Waals surface area contributed by atoms with Crippen molar-refractivity contribution in [1.82, 2.24) is 19.9 Å². The van der Waals surface area contributed by atoms with E-state index in [0.29, 0.717) is 13.0 Å². The third-order valence-electron chi connectivity index (χ3n) is 5.46. The molecule has 0 bridgehead atoms. The third kappa shape index (κ3) is 4.73. The molecule has 1 saturated heterocycles. The lowest BCUT2D eigenvalue weighted by molar-refractivity contribution is 0.103. The zero-order valence-electron chi connectivity index (χ0n) is 16.9. The standard InChI is InChI=1S/C18H32N4O3Si/c1-8-9-24-17(23)22-13-16(25-26(6,7)18(2,3)4)11-14(22)10-15-12-19-20-21(15)5/h8,12,14,16H,1,9-11,13H2,2-7H3/t14-,16-/m1/s1. The Labute approximate surface area is 157 Å². The quantitative estimate of drug-likeness (QED) is 0.560. The summed E-state index contributed by atoms with van der Waals surface area (Å²) in [5, 5.41) is 8.05. The van der Waals surface area contributed by atoms with Crippen LogP contribution in [0, 0.1) is 0 Å². The SMILES string of the molecule is C=CCOC(=O)N1C[C@H](O[Si](C)(C)C(C)(C)C)C[C@H]1Cc1cnnn1C. The van der Waals surface area contributed by atoms with Crippen LogP contribution in [0.2, 0.25) is 18.1 Å². The number of carbonyl (C=O) groups excluding carboxylic acids is 1. The minimum Gasteiger partial charge on any atom is -0.445 e. The van der Waals surface area contributed by atoms with E-state index < -0.39 is 8.32 Å². The summed E-state index contributed by atoms with van der Waals surface area (Å²) < 4.78 is 13.6. The molecule has 0 spiro atoms. The molecule has 8 heteroatoms. The van der Waals surface area contributed by atoms with Crippen LogP contribution >= 0.6 is 0 Å². The molecule has 1 amide bonds. The summed E-state index contributed by atoms with van der Waals surface area (Å²) >= 11 is 0. The van der Waals surface area contributed by atoms with Crippen LogP contribution in [0.4, 0.5) is 4.79 Å². The van der Waals surface area contributed by atoms with Crippen LogP contribution in [0.1, 0.15) is 32.9 Å². The molecular formula is C18H32N4O3Si. The Morgan fingerprint density at radius 3 is 2.69 bits per heavy atom. The Morgan fingerprint density at radius 1 is 1.46 bits per heavy atom. The first-order valence-electron chi connectivity index (χ1n) is 9.11. The van der Waals surface area contributed by atoms with Crippen molar-refractivity contribution in [2.45, 2.75) is 63.9 Å². The Kier molecular flexibility index (Phi) is 6.28. The molecular weight excluding hydrogens is 348 g/mol. The number of ether oxygens (including phenoxy) is 1. The number of hydrogen-bond acceptors (Lipinski definition) is 5. The summed E-state index contributed by atoms with van der Waals surface area (Å²) in [6.07, 6.45) is 4.52. The molecule has 0 unspecified atom stereocenters. The number of amides is 1. The molecule has 0 N–H and O–H groups in total. The topological polar surface area (TPSA) is 69.5 Å². The first-order valence-corrected chi connectivity index (χ1v) is 12.0. The van der Waals surface area contributed by atoms with Crippen LogP contribution < -0.4 is 0 Å². The molecule has 7 nitrogen and oxygen atoms in total. The van der Waals surface area contributed by atoms with Gasteiger partial charge in [-0.25, -0.2) is 4.79 Å². The summed E-state index contributed by atoms with van der Waals surface area (Å²) in [7, 11) is -0.0417. The zero-order chi connectivity index (χ0) is 19.5. The number of aromatic nitrogens is 3. The fraction of sp³-hybridized carbons (Fsp3) is 0.722. The number of rotatable bonds is 6. The number of hydrogen-bond donors (Lipinski definition) is 0. The molecule has 0 saturated carbocycles. The van der Waals surface area contributed by atoms with Gasteiger partial charge in [-0.05, 0) is 24.6 Å². The van der Waals surface area contributed by atoms with E-state index in [9.17, 15) is 4.79 Å². The van der Waals surface area contributed by atoms with Crippen LogP contribution in [0.3, 0.4) is 0 Å². The van der Waals surface area contributed by atoms with Crippen LogP contribution in [0.15, 0.2) is 18.9 Å². The second kappa shape index (κ2) is 7.92. The molecule has 2 heterocycles. The van der Waals surface area contributed by atoms with Crippen LogP contribution in [-0.4, -0.2) is 59.6 Å². The summed E-state index contributed by atoms with van der Waals surface area (Å²) in [5.41, 5.74) is 0.990. The van der Waals surface area contributed by atoms with Crippen LogP contribution in [0.5, 0.6) is 0 Å². The average molecular weight is 381 g/mol. The van der Waals surface area contributed by atoms with Gasteiger partial charge in [-0.3, -0.25) is 4.68 Å². The largest absolute Gasteiger partial charge is 0.445 e. The molecule has 26 heavy (non-hydrogen) atoms. The van der Waals surface area contributed by atoms with Crippen molar-refractivity contribution in [1.29, 1.82) is 0 Å². The van der Waals surface area contributed by atoms with Gasteiger partial charge in [-0.1, -0.05) is 38.6 Å². The highest BCUT2D eigenvalue weighted by molar-refractivity contribution is 6.74. The predicted octanol–water partition coefficient (Wildman–Crippen LogP) is 3.14. The average Bonchev–Trinajstić information content (AvgIpc) is 3.10. The zero-order valence-corrected chi connectivity index (χ0v) is 17.9. The molecule has 1 aromatic heterocycles. The van der Waals surface area contributed by atoms with Gasteiger partial charge in [-0.15, -0.1) is 5.10 Å². The van der Waals surface area contributed by atoms with E-state index in [1.165, 1.54) is 0 Å². The van der Waals surface area contributed by atoms with E-state index in [4.69, 9.17) is 9.16 Å². The normalized spacial score (nSPS) is 21.1. The molecule has 2 rings (SSSR count). The van der Waals surface area contributed by atoms with Gasteiger partial charge in [0.1, 0.15) is 6.61 Å². The van der Waals surface area contributed by atoms with Crippen molar-refractivity contribution in [2.24, 2.45) is 7.05 Å². The third-order valence-corrected chi connectivity index (χ3v) is 9.99. The first kappa shape index (κ1) is 20.6. The van der Waals surface area contributed by atoms with Crippen LogP contribution in [-0.2, 0) is 22.6 Å². The maximum Gasteiger partial charge on any atom is 0.410 e. The molecule has 1 aromatic rings. The van der Waals surface area contributed by atoms with Crippen molar-refractivity contribution < 1.29 is 14.0 Å². The van der Waals surface area contributed by atoms with Gasteiger partial charge in [-0.2, -0.15) is 0 Å². The molecule has 1 fully saturated rings. The van der Waals surface area contributed by atoms with Crippen molar-refractivity contribution in [2.75, 3.05) is 13.2 Å². The Bertz CT molecular complexity index is 639. The Balaban J connectivity index is 2.13. The summed E-state index contributed by atoms with van der Waals surface area (Å²) in [4.78, 5) is 14.3. The minimum atomic E-state index is -1.90. The molecule has 1 aliphatic rings. The van der Waals surface area contributed by atoms with Gasteiger partial charge < -0.3 is 14.1 Å². The summed E-state index contributed by atoms with van der Waals surface area (Å²) in [6, 6.07) is 0.0132. The maximum atomic E-state index is 12.5. The molecule has 0 aromatic carbocycles. The summed E-state index contributed by atoms with van der Waals surface area (Å²) in [6.45, 7) is 15.5. The van der Waals surface area contributed by atoms with Gasteiger partial charge in [0, 0.05) is 26.1 Å². The molecule has 146 valence electrons.